The van der Waals surface area contributed by atoms with Gasteiger partial charge in [-0.05, 0) is 6.42 Å². The molecule has 0 radical (unpaired) electrons. The second-order valence-corrected chi connectivity index (χ2v) is 3.07. The van der Waals surface area contributed by atoms with Crippen molar-refractivity contribution in [2.24, 2.45) is 0 Å². The molecule has 0 heterocycles. The molecule has 0 aliphatic rings. The van der Waals surface area contributed by atoms with Gasteiger partial charge in [0, 0.05) is 10.7 Å². The lowest BCUT2D eigenvalue weighted by Crippen LogP contribution is -2.01. The first-order chi connectivity index (χ1) is 4.31. The number of allylic oxidation sites excluding steroid dienone is 1. The molecule has 0 aliphatic carbocycles. The number of hydrogen-bond acceptors (Lipinski definition) is 1. The topological polar surface area (TPSA) is 20.2 Å². The molecule has 0 saturated carbocycles. The lowest BCUT2D eigenvalue weighted by Gasteiger charge is -1.98. The average molecular weight is 258 g/mol. The molecule has 0 aromatic carbocycles. The predicted molar refractivity (Wildman–Crippen MR) is 47.4 cm³/mol. The number of hydrogen-bond donors (Lipinski definition) is 1. The van der Waals surface area contributed by atoms with Crippen LogP contribution in [-0.4, -0.2) is 21.9 Å². The molecule has 1 nitrogen and oxygen atoms in total. The summed E-state index contributed by atoms with van der Waals surface area (Å²) >= 11 is 6.46. The summed E-state index contributed by atoms with van der Waals surface area (Å²) < 4.78 is 0. The lowest BCUT2D eigenvalue weighted by molar-refractivity contribution is 0.220. The van der Waals surface area contributed by atoms with Gasteiger partial charge < -0.3 is 5.11 Å². The van der Waals surface area contributed by atoms with Crippen LogP contribution in [0, 0.1) is 0 Å². The minimum Gasteiger partial charge on any atom is -0.389 e. The maximum Gasteiger partial charge on any atom is 0.0729 e. The van der Waals surface area contributed by atoms with Crippen molar-refractivity contribution >= 4 is 31.9 Å². The van der Waals surface area contributed by atoms with E-state index in [2.05, 4.69) is 31.9 Å². The fourth-order valence-electron chi connectivity index (χ4n) is 0.417. The van der Waals surface area contributed by atoms with Gasteiger partial charge in [-0.25, -0.2) is 0 Å². The molecule has 1 unspecified atom stereocenters. The summed E-state index contributed by atoms with van der Waals surface area (Å²) in [6, 6.07) is 0. The third kappa shape index (κ3) is 6.55. The van der Waals surface area contributed by atoms with Crippen LogP contribution >= 0.6 is 31.9 Å². The molecule has 9 heavy (non-hydrogen) atoms. The SMILES string of the molecule is OC(C=CCBr)CCBr. The number of halogens is 2. The third-order valence-corrected chi connectivity index (χ3v) is 1.68. The number of aliphatic hydroxyl groups is 1. The number of aliphatic hydroxyl groups excluding tert-OH is 1. The fourth-order valence-corrected chi connectivity index (χ4v) is 1.10. The van der Waals surface area contributed by atoms with E-state index >= 15 is 0 Å². The van der Waals surface area contributed by atoms with Gasteiger partial charge >= 0.3 is 0 Å². The zero-order valence-corrected chi connectivity index (χ0v) is 8.23. The van der Waals surface area contributed by atoms with Gasteiger partial charge in [-0.1, -0.05) is 44.0 Å². The van der Waals surface area contributed by atoms with Crippen LogP contribution in [0.5, 0.6) is 0 Å². The summed E-state index contributed by atoms with van der Waals surface area (Å²) in [4.78, 5) is 0. The summed E-state index contributed by atoms with van der Waals surface area (Å²) in [7, 11) is 0. The Morgan fingerprint density at radius 1 is 1.44 bits per heavy atom. The van der Waals surface area contributed by atoms with E-state index < -0.39 is 0 Å². The standard InChI is InChI=1S/C6H10Br2O/c7-4-1-2-6(9)3-5-8/h1-2,6,9H,3-5H2. The van der Waals surface area contributed by atoms with Crippen LogP contribution in [0.3, 0.4) is 0 Å². The molecule has 0 aromatic heterocycles. The largest absolute Gasteiger partial charge is 0.389 e. The van der Waals surface area contributed by atoms with Gasteiger partial charge in [0.1, 0.15) is 0 Å². The maximum atomic E-state index is 9.04. The molecule has 54 valence electrons. The van der Waals surface area contributed by atoms with E-state index in [9.17, 15) is 0 Å². The minimum atomic E-state index is -0.290. The highest BCUT2D eigenvalue weighted by Gasteiger charge is 1.93. The highest BCUT2D eigenvalue weighted by Crippen LogP contribution is 1.97. The van der Waals surface area contributed by atoms with E-state index in [1.54, 1.807) is 6.08 Å². The molecule has 0 aliphatic heterocycles. The van der Waals surface area contributed by atoms with E-state index in [1.807, 2.05) is 6.08 Å². The second-order valence-electron chi connectivity index (χ2n) is 1.63. The van der Waals surface area contributed by atoms with Crippen molar-refractivity contribution in [3.63, 3.8) is 0 Å². The Bertz CT molecular complexity index is 83.1. The molecule has 0 fully saturated rings. The third-order valence-electron chi connectivity index (χ3n) is 0.852. The van der Waals surface area contributed by atoms with Crippen molar-refractivity contribution in [3.8, 4) is 0 Å². The molecule has 0 rings (SSSR count). The van der Waals surface area contributed by atoms with Gasteiger partial charge in [0.2, 0.25) is 0 Å². The Balaban J connectivity index is 3.25. The normalized spacial score (nSPS) is 14.6. The molecule has 0 saturated heterocycles. The van der Waals surface area contributed by atoms with Crippen molar-refractivity contribution in [2.75, 3.05) is 10.7 Å². The summed E-state index contributed by atoms with van der Waals surface area (Å²) in [6.45, 7) is 0. The zero-order valence-electron chi connectivity index (χ0n) is 5.06. The highest BCUT2D eigenvalue weighted by atomic mass is 79.9. The van der Waals surface area contributed by atoms with E-state index in [0.717, 1.165) is 17.1 Å². The van der Waals surface area contributed by atoms with Crippen LogP contribution in [0.2, 0.25) is 0 Å². The van der Waals surface area contributed by atoms with Crippen LogP contribution in [0.1, 0.15) is 6.42 Å². The Hall–Kier alpha value is 0.660. The van der Waals surface area contributed by atoms with E-state index in [4.69, 9.17) is 5.11 Å². The molecular weight excluding hydrogens is 248 g/mol. The molecule has 1 atom stereocenters. The van der Waals surface area contributed by atoms with Gasteiger partial charge in [0.15, 0.2) is 0 Å². The molecule has 0 aromatic rings. The van der Waals surface area contributed by atoms with Crippen molar-refractivity contribution in [3.05, 3.63) is 12.2 Å². The van der Waals surface area contributed by atoms with Gasteiger partial charge in [0.05, 0.1) is 6.10 Å². The van der Waals surface area contributed by atoms with E-state index in [1.165, 1.54) is 0 Å². The summed E-state index contributed by atoms with van der Waals surface area (Å²) in [6.07, 6.45) is 4.18. The van der Waals surface area contributed by atoms with Crippen LogP contribution in [0.25, 0.3) is 0 Å². The van der Waals surface area contributed by atoms with E-state index in [0.29, 0.717) is 0 Å². The number of rotatable bonds is 4. The first-order valence-electron chi connectivity index (χ1n) is 2.78. The Kier molecular flexibility index (Phi) is 7.27. The molecule has 0 amide bonds. The first kappa shape index (κ1) is 9.66. The zero-order chi connectivity index (χ0) is 7.11. The molecule has 1 N–H and O–H groups in total. The van der Waals surface area contributed by atoms with Gasteiger partial charge in [-0.15, -0.1) is 0 Å². The van der Waals surface area contributed by atoms with Crippen molar-refractivity contribution in [1.29, 1.82) is 0 Å². The molecule has 0 bridgehead atoms. The van der Waals surface area contributed by atoms with Crippen LogP contribution in [0.4, 0.5) is 0 Å². The Morgan fingerprint density at radius 3 is 2.56 bits per heavy atom. The average Bonchev–Trinajstić information content (AvgIpc) is 1.85. The van der Waals surface area contributed by atoms with Crippen molar-refractivity contribution in [2.45, 2.75) is 12.5 Å². The lowest BCUT2D eigenvalue weighted by atomic mass is 10.3. The Morgan fingerprint density at radius 2 is 2.11 bits per heavy atom. The molecular formula is C6H10Br2O. The van der Waals surface area contributed by atoms with Gasteiger partial charge in [-0.3, -0.25) is 0 Å². The van der Waals surface area contributed by atoms with Gasteiger partial charge in [0.25, 0.3) is 0 Å². The maximum absolute atomic E-state index is 9.04. The molecule has 0 spiro atoms. The van der Waals surface area contributed by atoms with Crippen molar-refractivity contribution in [1.82, 2.24) is 0 Å². The smallest absolute Gasteiger partial charge is 0.0729 e. The Labute approximate surface area is 72.4 Å². The summed E-state index contributed by atoms with van der Waals surface area (Å²) in [5, 5.41) is 10.7. The monoisotopic (exact) mass is 256 g/mol. The second kappa shape index (κ2) is 6.78. The molecule has 3 heteroatoms. The van der Waals surface area contributed by atoms with E-state index in [-0.39, 0.29) is 6.10 Å². The predicted octanol–water partition coefficient (Wildman–Crippen LogP) is 2.08. The van der Waals surface area contributed by atoms with Gasteiger partial charge in [-0.2, -0.15) is 0 Å². The summed E-state index contributed by atoms with van der Waals surface area (Å²) in [5.41, 5.74) is 0. The van der Waals surface area contributed by atoms with Crippen LogP contribution in [0.15, 0.2) is 12.2 Å². The summed E-state index contributed by atoms with van der Waals surface area (Å²) in [5.74, 6) is 0. The minimum absolute atomic E-state index is 0.290. The van der Waals surface area contributed by atoms with Crippen molar-refractivity contribution < 1.29 is 5.11 Å². The quantitative estimate of drug-likeness (QED) is 0.604. The number of alkyl halides is 2. The van der Waals surface area contributed by atoms with Crippen LogP contribution in [-0.2, 0) is 0 Å². The first-order valence-corrected chi connectivity index (χ1v) is 5.02. The fraction of sp³-hybridized carbons (Fsp3) is 0.667. The highest BCUT2D eigenvalue weighted by molar-refractivity contribution is 9.09. The van der Waals surface area contributed by atoms with Crippen LogP contribution < -0.4 is 0 Å².